The van der Waals surface area contributed by atoms with Gasteiger partial charge >= 0.3 is 0 Å². The zero-order valence-electron chi connectivity index (χ0n) is 10.6. The maximum Gasteiger partial charge on any atom is 0.264 e. The molecular weight excluding hydrogens is 270 g/mol. The Morgan fingerprint density at radius 3 is 2.11 bits per heavy atom. The van der Waals surface area contributed by atoms with E-state index < -0.39 is 10.0 Å². The standard InChI is InChI=1S/C12H14N4O2S/c1-8-7-9(2)15-12(14-8)16-19(17,18)11-5-3-10(13)4-6-11/h3-7H,13H2,1-2H3,(H,14,15,16)/i1+1,2+1,7+1,8+1,9+1,12+1. The van der Waals surface area contributed by atoms with E-state index in [0.717, 1.165) is 0 Å². The fourth-order valence-electron chi connectivity index (χ4n) is 1.60. The first-order valence-electron chi connectivity index (χ1n) is 5.57. The zero-order chi connectivity index (χ0) is 14.0. The van der Waals surface area contributed by atoms with Crippen LogP contribution in [0.2, 0.25) is 0 Å². The Morgan fingerprint density at radius 2 is 1.58 bits per heavy atom. The van der Waals surface area contributed by atoms with E-state index in [9.17, 15) is 8.42 Å². The number of nitrogens with zero attached hydrogens (tertiary/aromatic N) is 2. The molecule has 100 valence electrons. The summed E-state index contributed by atoms with van der Waals surface area (Å²) >= 11 is 0. The third-order valence-corrected chi connectivity index (χ3v) is 3.74. The molecule has 0 aliphatic heterocycles. The largest absolute Gasteiger partial charge is 0.399 e. The van der Waals surface area contributed by atoms with Gasteiger partial charge in [0, 0.05) is 17.1 Å². The van der Waals surface area contributed by atoms with E-state index in [1.54, 1.807) is 19.9 Å². The van der Waals surface area contributed by atoms with Crippen LogP contribution in [-0.2, 0) is 10.0 Å². The first-order chi connectivity index (χ1) is 8.87. The smallest absolute Gasteiger partial charge is 0.264 e. The van der Waals surface area contributed by atoms with Crippen LogP contribution in [0.3, 0.4) is 0 Å². The lowest BCUT2D eigenvalue weighted by Crippen LogP contribution is -2.15. The monoisotopic (exact) mass is 284 g/mol. The summed E-state index contributed by atoms with van der Waals surface area (Å²) in [5.74, 6) is 0.0642. The van der Waals surface area contributed by atoms with Gasteiger partial charge in [0.1, 0.15) is 0 Å². The van der Waals surface area contributed by atoms with Gasteiger partial charge in [0.2, 0.25) is 5.95 Å². The van der Waals surface area contributed by atoms with Gasteiger partial charge in [-0.2, -0.15) is 0 Å². The lowest BCUT2D eigenvalue weighted by molar-refractivity contribution is 0.601. The molecule has 0 radical (unpaired) electrons. The number of aromatic nitrogens is 2. The molecule has 0 spiro atoms. The number of anilines is 2. The topological polar surface area (TPSA) is 98.0 Å². The Morgan fingerprint density at radius 1 is 1.05 bits per heavy atom. The molecule has 1 aromatic heterocycles. The number of nitrogens with two attached hydrogens (primary N) is 1. The highest BCUT2D eigenvalue weighted by Crippen LogP contribution is 2.15. The van der Waals surface area contributed by atoms with Gasteiger partial charge in [0.15, 0.2) is 0 Å². The summed E-state index contributed by atoms with van der Waals surface area (Å²) < 4.78 is 26.6. The summed E-state index contributed by atoms with van der Waals surface area (Å²) in [4.78, 5) is 8.19. The predicted octanol–water partition coefficient (Wildman–Crippen LogP) is 1.48. The first kappa shape index (κ1) is 13.3. The molecule has 0 saturated carbocycles. The number of nitrogens with one attached hydrogen (secondary N) is 1. The van der Waals surface area contributed by atoms with Gasteiger partial charge in [-0.1, -0.05) is 0 Å². The van der Waals surface area contributed by atoms with Crippen molar-refractivity contribution < 1.29 is 8.42 Å². The third-order valence-electron chi connectivity index (χ3n) is 2.40. The molecule has 6 nitrogen and oxygen atoms in total. The predicted molar refractivity (Wildman–Crippen MR) is 73.2 cm³/mol. The van der Waals surface area contributed by atoms with Crippen molar-refractivity contribution in [3.8, 4) is 0 Å². The highest BCUT2D eigenvalue weighted by molar-refractivity contribution is 7.92. The fraction of sp³-hybridized carbons (Fsp3) is 0.167. The van der Waals surface area contributed by atoms with Crippen molar-refractivity contribution >= 4 is 21.7 Å². The number of nitrogen functional groups attached to an aromatic ring is 1. The van der Waals surface area contributed by atoms with Crippen LogP contribution in [0, 0.1) is 13.8 Å². The summed E-state index contributed by atoms with van der Waals surface area (Å²) in [6.07, 6.45) is 0. The van der Waals surface area contributed by atoms with Crippen molar-refractivity contribution in [2.75, 3.05) is 10.5 Å². The molecule has 1 aromatic carbocycles. The molecule has 19 heavy (non-hydrogen) atoms. The van der Waals surface area contributed by atoms with Gasteiger partial charge in [-0.05, 0) is 44.2 Å². The van der Waals surface area contributed by atoms with Crippen LogP contribution in [0.1, 0.15) is 11.4 Å². The second-order valence-electron chi connectivity index (χ2n) is 4.15. The molecule has 2 rings (SSSR count). The van der Waals surface area contributed by atoms with E-state index in [4.69, 9.17) is 5.73 Å². The molecule has 0 bridgehead atoms. The van der Waals surface area contributed by atoms with E-state index in [0.29, 0.717) is 17.1 Å². The summed E-state index contributed by atoms with van der Waals surface area (Å²) in [6.45, 7) is 3.55. The molecule has 0 atom stereocenters. The molecule has 0 fully saturated rings. The Kier molecular flexibility index (Phi) is 3.39. The molecule has 2 aromatic rings. The normalized spacial score (nSPS) is 11.3. The van der Waals surface area contributed by atoms with E-state index in [2.05, 4.69) is 14.7 Å². The Bertz CT molecular complexity index is 676. The number of hydrogen-bond donors (Lipinski definition) is 2. The summed E-state index contributed by atoms with van der Waals surface area (Å²) in [6, 6.07) is 7.68. The van der Waals surface area contributed by atoms with Crippen LogP contribution in [0.25, 0.3) is 0 Å². The van der Waals surface area contributed by atoms with Crippen LogP contribution < -0.4 is 10.5 Å². The quantitative estimate of drug-likeness (QED) is 0.657. The molecular formula is C12H14N4O2S. The molecule has 0 aliphatic carbocycles. The average molecular weight is 284 g/mol. The molecule has 3 N–H and O–H groups in total. The Balaban J connectivity index is 2.33. The summed E-state index contributed by atoms with van der Waals surface area (Å²) in [7, 11) is -3.69. The maximum absolute atomic E-state index is 12.1. The minimum Gasteiger partial charge on any atom is -0.399 e. The number of rotatable bonds is 3. The van der Waals surface area contributed by atoms with Gasteiger partial charge < -0.3 is 5.73 Å². The van der Waals surface area contributed by atoms with Crippen LogP contribution in [0.4, 0.5) is 11.6 Å². The van der Waals surface area contributed by atoms with Crippen molar-refractivity contribution in [2.24, 2.45) is 0 Å². The number of benzene rings is 1. The van der Waals surface area contributed by atoms with Crippen molar-refractivity contribution in [3.63, 3.8) is 0 Å². The highest BCUT2D eigenvalue weighted by atomic mass is 32.2. The van der Waals surface area contributed by atoms with E-state index in [1.807, 2.05) is 0 Å². The van der Waals surface area contributed by atoms with Gasteiger partial charge in [0.25, 0.3) is 10.0 Å². The molecule has 7 heteroatoms. The minimum absolute atomic E-state index is 0.0642. The summed E-state index contributed by atoms with van der Waals surface area (Å²) in [5, 5.41) is 0. The lowest BCUT2D eigenvalue weighted by atomic mass is 10.3. The van der Waals surface area contributed by atoms with Crippen LogP contribution in [0.5, 0.6) is 0 Å². The number of aryl methyl sites for hydroxylation is 2. The maximum atomic E-state index is 12.1. The zero-order valence-corrected chi connectivity index (χ0v) is 11.4. The first-order valence-corrected chi connectivity index (χ1v) is 7.06. The van der Waals surface area contributed by atoms with E-state index >= 15 is 0 Å². The SMILES string of the molecule is [13CH3][13c]1[13cH][13c]([13CH3])n[13c](NS(=O)(=O)c2ccc(N)cc2)n1. The average Bonchev–Trinajstić information content (AvgIpc) is 2.27. The van der Waals surface area contributed by atoms with Gasteiger partial charge in [-0.15, -0.1) is 0 Å². The highest BCUT2D eigenvalue weighted by Gasteiger charge is 2.15. The lowest BCUT2D eigenvalue weighted by Gasteiger charge is -2.08. The van der Waals surface area contributed by atoms with Gasteiger partial charge in [-0.25, -0.2) is 23.1 Å². The number of hydrogen-bond acceptors (Lipinski definition) is 5. The molecule has 0 unspecified atom stereocenters. The van der Waals surface area contributed by atoms with Crippen LogP contribution in [0.15, 0.2) is 35.2 Å². The van der Waals surface area contributed by atoms with Gasteiger partial charge in [-0.3, -0.25) is 0 Å². The van der Waals surface area contributed by atoms with Crippen molar-refractivity contribution in [2.45, 2.75) is 18.7 Å². The Labute approximate surface area is 111 Å². The molecule has 1 heterocycles. The third kappa shape index (κ3) is 3.19. The second kappa shape index (κ2) is 4.85. The van der Waals surface area contributed by atoms with E-state index in [-0.39, 0.29) is 10.8 Å². The second-order valence-corrected chi connectivity index (χ2v) is 5.83. The van der Waals surface area contributed by atoms with Crippen molar-refractivity contribution in [3.05, 3.63) is 41.7 Å². The Hall–Kier alpha value is -2.15. The van der Waals surface area contributed by atoms with Crippen LogP contribution >= 0.6 is 0 Å². The summed E-state index contributed by atoms with van der Waals surface area (Å²) in [5.41, 5.74) is 7.42. The molecule has 0 aliphatic rings. The number of sulfonamides is 1. The van der Waals surface area contributed by atoms with E-state index in [1.165, 1.54) is 24.3 Å². The van der Waals surface area contributed by atoms with Crippen LogP contribution in [-0.4, -0.2) is 18.4 Å². The van der Waals surface area contributed by atoms with Crippen molar-refractivity contribution in [1.82, 2.24) is 9.97 Å². The molecule has 0 amide bonds. The fourth-order valence-corrected chi connectivity index (χ4v) is 2.54. The van der Waals surface area contributed by atoms with Gasteiger partial charge in [0.05, 0.1) is 4.90 Å². The minimum atomic E-state index is -3.69. The van der Waals surface area contributed by atoms with Crippen molar-refractivity contribution in [1.29, 1.82) is 0 Å². The molecule has 0 saturated heterocycles.